The molecule has 0 radical (unpaired) electrons. The van der Waals surface area contributed by atoms with E-state index in [1.165, 1.54) is 6.42 Å². The summed E-state index contributed by atoms with van der Waals surface area (Å²) >= 11 is 5.37. The van der Waals surface area contributed by atoms with Gasteiger partial charge in [0.15, 0.2) is 0 Å². The highest BCUT2D eigenvalue weighted by atomic mass is 35.5. The maximum absolute atomic E-state index is 10.9. The Labute approximate surface area is 84.6 Å². The number of alkyl halides is 1. The van der Waals surface area contributed by atoms with Crippen LogP contribution in [0, 0.1) is 11.8 Å². The molecule has 0 aromatic heterocycles. The zero-order valence-electron chi connectivity index (χ0n) is 8.25. The van der Waals surface area contributed by atoms with E-state index < -0.39 is 0 Å². The van der Waals surface area contributed by atoms with Crippen LogP contribution in [0.2, 0.25) is 0 Å². The smallest absolute Gasteiger partial charge is 0.321 e. The van der Waals surface area contributed by atoms with Crippen molar-refractivity contribution < 1.29 is 9.53 Å². The third kappa shape index (κ3) is 3.55. The Hall–Kier alpha value is -0.240. The lowest BCUT2D eigenvalue weighted by Crippen LogP contribution is -2.28. The molecule has 1 aliphatic carbocycles. The van der Waals surface area contributed by atoms with Gasteiger partial charge in [0.1, 0.15) is 12.0 Å². The van der Waals surface area contributed by atoms with Crippen LogP contribution in [-0.4, -0.2) is 18.0 Å². The summed E-state index contributed by atoms with van der Waals surface area (Å²) in [4.78, 5) is 10.9. The molecule has 0 aliphatic heterocycles. The summed E-state index contributed by atoms with van der Waals surface area (Å²) in [5.74, 6) is 1.01. The van der Waals surface area contributed by atoms with Crippen molar-refractivity contribution in [3.63, 3.8) is 0 Å². The lowest BCUT2D eigenvalue weighted by Gasteiger charge is -2.30. The molecule has 0 heterocycles. The van der Waals surface area contributed by atoms with Crippen LogP contribution >= 0.6 is 11.6 Å². The van der Waals surface area contributed by atoms with Crippen molar-refractivity contribution >= 4 is 17.6 Å². The average Bonchev–Trinajstić information content (AvgIpc) is 2.02. The molecule has 0 N–H and O–H groups in total. The highest BCUT2D eigenvalue weighted by Gasteiger charge is 2.26. The first-order valence-corrected chi connectivity index (χ1v) is 5.40. The van der Waals surface area contributed by atoms with Crippen molar-refractivity contribution in [1.29, 1.82) is 0 Å². The largest absolute Gasteiger partial charge is 0.461 e. The van der Waals surface area contributed by atoms with Crippen LogP contribution in [0.3, 0.4) is 0 Å². The molecule has 0 amide bonds. The maximum atomic E-state index is 10.9. The molecule has 1 aliphatic rings. The average molecular weight is 205 g/mol. The highest BCUT2D eigenvalue weighted by Crippen LogP contribution is 2.30. The van der Waals surface area contributed by atoms with Crippen LogP contribution < -0.4 is 0 Å². The molecule has 0 aromatic carbocycles. The first-order chi connectivity index (χ1) is 6.11. The number of rotatable bonds is 2. The topological polar surface area (TPSA) is 26.3 Å². The van der Waals surface area contributed by atoms with Gasteiger partial charge in [-0.25, -0.2) is 0 Å². The molecule has 3 heteroatoms. The van der Waals surface area contributed by atoms with Crippen LogP contribution in [0.15, 0.2) is 0 Å². The van der Waals surface area contributed by atoms with Crippen LogP contribution in [0.5, 0.6) is 0 Å². The van der Waals surface area contributed by atoms with Crippen LogP contribution in [0.4, 0.5) is 0 Å². The van der Waals surface area contributed by atoms with Gasteiger partial charge in [-0.2, -0.15) is 0 Å². The first-order valence-electron chi connectivity index (χ1n) is 4.87. The van der Waals surface area contributed by atoms with Gasteiger partial charge in [-0.15, -0.1) is 11.6 Å². The van der Waals surface area contributed by atoms with Crippen LogP contribution in [0.1, 0.15) is 33.1 Å². The van der Waals surface area contributed by atoms with Gasteiger partial charge in [-0.1, -0.05) is 13.8 Å². The molecule has 1 fully saturated rings. The molecule has 0 spiro atoms. The molecule has 76 valence electrons. The summed E-state index contributed by atoms with van der Waals surface area (Å²) in [6.45, 7) is 4.41. The van der Waals surface area contributed by atoms with E-state index in [0.717, 1.165) is 12.8 Å². The molecule has 2 atom stereocenters. The zero-order chi connectivity index (χ0) is 9.84. The van der Waals surface area contributed by atoms with Gasteiger partial charge in [-0.3, -0.25) is 4.79 Å². The molecule has 0 bridgehead atoms. The van der Waals surface area contributed by atoms with E-state index in [-0.39, 0.29) is 18.0 Å². The quantitative estimate of drug-likeness (QED) is 0.511. The normalized spacial score (nSPS) is 34.2. The van der Waals surface area contributed by atoms with Crippen LogP contribution in [0.25, 0.3) is 0 Å². The summed E-state index contributed by atoms with van der Waals surface area (Å²) in [5, 5.41) is 0. The van der Waals surface area contributed by atoms with E-state index in [1.54, 1.807) is 0 Å². The van der Waals surface area contributed by atoms with Crippen molar-refractivity contribution in [1.82, 2.24) is 0 Å². The summed E-state index contributed by atoms with van der Waals surface area (Å²) in [7, 11) is 0. The fourth-order valence-corrected chi connectivity index (χ4v) is 2.25. The number of esters is 1. The lowest BCUT2D eigenvalue weighted by atomic mass is 9.82. The number of hydrogen-bond donors (Lipinski definition) is 0. The maximum Gasteiger partial charge on any atom is 0.321 e. The Morgan fingerprint density at radius 1 is 1.31 bits per heavy atom. The van der Waals surface area contributed by atoms with Crippen molar-refractivity contribution in [2.45, 2.75) is 39.2 Å². The summed E-state index contributed by atoms with van der Waals surface area (Å²) in [5.41, 5.74) is 0. The molecule has 2 nitrogen and oxygen atoms in total. The first kappa shape index (κ1) is 10.8. The van der Waals surface area contributed by atoms with E-state index >= 15 is 0 Å². The third-order valence-electron chi connectivity index (χ3n) is 2.54. The van der Waals surface area contributed by atoms with Gasteiger partial charge in [0, 0.05) is 0 Å². The SMILES string of the molecule is CC1CC(C)CC(OC(=O)CCl)C1. The molecule has 0 aromatic rings. The molecule has 1 saturated carbocycles. The summed E-state index contributed by atoms with van der Waals surface area (Å²) < 4.78 is 5.21. The van der Waals surface area contributed by atoms with Gasteiger partial charge < -0.3 is 4.74 Å². The third-order valence-corrected chi connectivity index (χ3v) is 2.76. The van der Waals surface area contributed by atoms with Crippen molar-refractivity contribution in [3.05, 3.63) is 0 Å². The number of carbonyl (C=O) groups excluding carboxylic acids is 1. The molecule has 1 rings (SSSR count). The minimum atomic E-state index is -0.284. The van der Waals surface area contributed by atoms with Gasteiger partial charge in [0.2, 0.25) is 0 Å². The minimum absolute atomic E-state index is 0.0285. The fourth-order valence-electron chi connectivity index (χ4n) is 2.19. The second kappa shape index (κ2) is 4.85. The Bertz CT molecular complexity index is 172. The van der Waals surface area contributed by atoms with E-state index in [1.807, 2.05) is 0 Å². The Kier molecular flexibility index (Phi) is 4.04. The molecule has 0 saturated heterocycles. The van der Waals surface area contributed by atoms with Gasteiger partial charge in [0.25, 0.3) is 0 Å². The number of carbonyl (C=O) groups is 1. The lowest BCUT2D eigenvalue weighted by molar-refractivity contribution is -0.148. The predicted octanol–water partition coefficient (Wildman–Crippen LogP) is 2.59. The van der Waals surface area contributed by atoms with Gasteiger partial charge >= 0.3 is 5.97 Å². The number of hydrogen-bond acceptors (Lipinski definition) is 2. The Morgan fingerprint density at radius 2 is 1.85 bits per heavy atom. The van der Waals surface area contributed by atoms with E-state index in [0.29, 0.717) is 11.8 Å². The zero-order valence-corrected chi connectivity index (χ0v) is 9.01. The van der Waals surface area contributed by atoms with Gasteiger partial charge in [0.05, 0.1) is 0 Å². The number of halogens is 1. The second-order valence-corrected chi connectivity index (χ2v) is 4.43. The van der Waals surface area contributed by atoms with E-state index in [4.69, 9.17) is 16.3 Å². The number of ether oxygens (including phenoxy) is 1. The molecular formula is C10H17ClO2. The molecule has 2 unspecified atom stereocenters. The molecular weight excluding hydrogens is 188 g/mol. The minimum Gasteiger partial charge on any atom is -0.461 e. The van der Waals surface area contributed by atoms with E-state index in [2.05, 4.69) is 13.8 Å². The Balaban J connectivity index is 2.37. The van der Waals surface area contributed by atoms with Crippen molar-refractivity contribution in [2.75, 3.05) is 5.88 Å². The Morgan fingerprint density at radius 3 is 2.31 bits per heavy atom. The van der Waals surface area contributed by atoms with Crippen molar-refractivity contribution in [3.8, 4) is 0 Å². The predicted molar refractivity (Wildman–Crippen MR) is 52.8 cm³/mol. The van der Waals surface area contributed by atoms with Gasteiger partial charge in [-0.05, 0) is 31.1 Å². The van der Waals surface area contributed by atoms with Crippen molar-refractivity contribution in [2.24, 2.45) is 11.8 Å². The molecule has 13 heavy (non-hydrogen) atoms. The van der Waals surface area contributed by atoms with Crippen LogP contribution in [-0.2, 0) is 9.53 Å². The fraction of sp³-hybridized carbons (Fsp3) is 0.900. The highest BCUT2D eigenvalue weighted by molar-refractivity contribution is 6.26. The summed E-state index contributed by atoms with van der Waals surface area (Å²) in [6, 6.07) is 0. The second-order valence-electron chi connectivity index (χ2n) is 4.16. The van der Waals surface area contributed by atoms with E-state index in [9.17, 15) is 4.79 Å². The summed E-state index contributed by atoms with van der Waals surface area (Å²) in [6.07, 6.45) is 3.33. The monoisotopic (exact) mass is 204 g/mol. The standard InChI is InChI=1S/C10H17ClO2/c1-7-3-8(2)5-9(4-7)13-10(12)6-11/h7-9H,3-6H2,1-2H3.